The maximum absolute atomic E-state index is 5.04. The van der Waals surface area contributed by atoms with Crippen molar-refractivity contribution in [1.82, 2.24) is 0 Å². The van der Waals surface area contributed by atoms with Gasteiger partial charge in [-0.15, -0.1) is 0 Å². The van der Waals surface area contributed by atoms with Gasteiger partial charge in [0, 0.05) is 13.7 Å². The zero-order valence-electron chi connectivity index (χ0n) is 12.5. The van der Waals surface area contributed by atoms with Crippen molar-refractivity contribution in [2.45, 2.75) is 83.5 Å². The van der Waals surface area contributed by atoms with Gasteiger partial charge in [-0.2, -0.15) is 12.6 Å². The molecular weight excluding hydrogens is 240 g/mol. The average Bonchev–Trinajstić information content (AvgIpc) is 2.39. The molecule has 0 unspecified atom stereocenters. The van der Waals surface area contributed by atoms with Crippen molar-refractivity contribution < 1.29 is 4.74 Å². The molecule has 0 fully saturated rings. The van der Waals surface area contributed by atoms with Crippen molar-refractivity contribution in [3.05, 3.63) is 0 Å². The summed E-state index contributed by atoms with van der Waals surface area (Å²) in [5, 5.41) is 0. The van der Waals surface area contributed by atoms with E-state index in [4.69, 9.17) is 4.74 Å². The maximum atomic E-state index is 5.04. The topological polar surface area (TPSA) is 9.23 Å². The summed E-state index contributed by atoms with van der Waals surface area (Å²) < 4.78 is 5.04. The lowest BCUT2D eigenvalue weighted by Gasteiger charge is -2.03. The number of hydrogen-bond acceptors (Lipinski definition) is 2. The molecule has 0 bridgehead atoms. The highest BCUT2D eigenvalue weighted by molar-refractivity contribution is 7.80. The van der Waals surface area contributed by atoms with Crippen molar-refractivity contribution in [1.29, 1.82) is 0 Å². The van der Waals surface area contributed by atoms with Crippen LogP contribution in [0.25, 0.3) is 0 Å². The molecule has 1 nitrogen and oxygen atoms in total. The summed E-state index contributed by atoms with van der Waals surface area (Å²) in [5.74, 6) is 1.06. The van der Waals surface area contributed by atoms with Crippen LogP contribution >= 0.6 is 12.6 Å². The first kappa shape index (κ1) is 18.3. The fourth-order valence-electron chi connectivity index (χ4n) is 2.30. The summed E-state index contributed by atoms with van der Waals surface area (Å²) in [4.78, 5) is 0. The van der Waals surface area contributed by atoms with Crippen LogP contribution in [-0.4, -0.2) is 19.5 Å². The Balaban J connectivity index is 2.86. The van der Waals surface area contributed by atoms with Crippen LogP contribution in [0.15, 0.2) is 0 Å². The van der Waals surface area contributed by atoms with Crippen molar-refractivity contribution in [2.24, 2.45) is 0 Å². The molecule has 2 heteroatoms. The highest BCUT2D eigenvalue weighted by atomic mass is 32.1. The monoisotopic (exact) mass is 274 g/mol. The fourth-order valence-corrected chi connectivity index (χ4v) is 2.53. The van der Waals surface area contributed by atoms with Crippen LogP contribution in [0, 0.1) is 0 Å². The number of hydrogen-bond donors (Lipinski definition) is 1. The number of ether oxygens (including phenoxy) is 1. The van der Waals surface area contributed by atoms with Gasteiger partial charge in [-0.25, -0.2) is 0 Å². The van der Waals surface area contributed by atoms with E-state index in [0.29, 0.717) is 0 Å². The van der Waals surface area contributed by atoms with Gasteiger partial charge in [-0.05, 0) is 18.6 Å². The molecule has 0 atom stereocenters. The highest BCUT2D eigenvalue weighted by Gasteiger charge is 1.93. The Morgan fingerprint density at radius 1 is 0.556 bits per heavy atom. The van der Waals surface area contributed by atoms with E-state index in [1.165, 1.54) is 83.5 Å². The fraction of sp³-hybridized carbons (Fsp3) is 1.00. The summed E-state index contributed by atoms with van der Waals surface area (Å²) >= 11 is 4.23. The van der Waals surface area contributed by atoms with Gasteiger partial charge in [0.25, 0.3) is 0 Å². The first-order valence-electron chi connectivity index (χ1n) is 8.01. The first-order chi connectivity index (χ1) is 8.91. The molecule has 0 radical (unpaired) electrons. The van der Waals surface area contributed by atoms with E-state index in [9.17, 15) is 0 Å². The van der Waals surface area contributed by atoms with Crippen LogP contribution in [0.2, 0.25) is 0 Å². The molecule has 0 saturated carbocycles. The smallest absolute Gasteiger partial charge is 0.0462 e. The second-order valence-corrected chi connectivity index (χ2v) is 5.76. The van der Waals surface area contributed by atoms with Gasteiger partial charge in [0.05, 0.1) is 0 Å². The normalized spacial score (nSPS) is 11.0. The Hall–Kier alpha value is 0.310. The molecule has 0 aromatic heterocycles. The van der Waals surface area contributed by atoms with Gasteiger partial charge in [0.2, 0.25) is 0 Å². The lowest BCUT2D eigenvalue weighted by atomic mass is 10.0. The quantitative estimate of drug-likeness (QED) is 0.300. The third kappa shape index (κ3) is 16.3. The Bertz CT molecular complexity index is 123. The Morgan fingerprint density at radius 2 is 0.889 bits per heavy atom. The Morgan fingerprint density at radius 3 is 1.22 bits per heavy atom. The molecule has 0 aliphatic carbocycles. The molecule has 0 N–H and O–H groups in total. The second-order valence-electron chi connectivity index (χ2n) is 5.31. The third-order valence-electron chi connectivity index (χ3n) is 3.51. The van der Waals surface area contributed by atoms with Crippen molar-refractivity contribution >= 4 is 12.6 Å². The molecule has 18 heavy (non-hydrogen) atoms. The molecule has 0 amide bonds. The van der Waals surface area contributed by atoms with Crippen molar-refractivity contribution in [3.63, 3.8) is 0 Å². The van der Waals surface area contributed by atoms with Crippen LogP contribution in [-0.2, 0) is 4.74 Å². The SMILES string of the molecule is COCCCCCCCCCCCCCCCS. The minimum absolute atomic E-state index is 0.938. The predicted molar refractivity (Wildman–Crippen MR) is 85.8 cm³/mol. The van der Waals surface area contributed by atoms with Crippen LogP contribution in [0.5, 0.6) is 0 Å². The maximum Gasteiger partial charge on any atom is 0.0462 e. The van der Waals surface area contributed by atoms with Gasteiger partial charge in [0.15, 0.2) is 0 Å². The number of rotatable bonds is 15. The van der Waals surface area contributed by atoms with Crippen LogP contribution in [0.4, 0.5) is 0 Å². The van der Waals surface area contributed by atoms with Crippen LogP contribution < -0.4 is 0 Å². The second kappa shape index (κ2) is 17.3. The third-order valence-corrected chi connectivity index (χ3v) is 3.82. The molecule has 0 heterocycles. The molecular formula is C16H34OS. The lowest BCUT2D eigenvalue weighted by Crippen LogP contribution is -1.88. The Kier molecular flexibility index (Phi) is 17.6. The summed E-state index contributed by atoms with van der Waals surface area (Å²) in [6, 6.07) is 0. The average molecular weight is 275 g/mol. The zero-order valence-corrected chi connectivity index (χ0v) is 13.4. The van der Waals surface area contributed by atoms with Gasteiger partial charge in [-0.3, -0.25) is 0 Å². The van der Waals surface area contributed by atoms with E-state index in [1.54, 1.807) is 7.11 Å². The van der Waals surface area contributed by atoms with E-state index < -0.39 is 0 Å². The lowest BCUT2D eigenvalue weighted by molar-refractivity contribution is 0.192. The molecule has 0 spiro atoms. The van der Waals surface area contributed by atoms with Gasteiger partial charge >= 0.3 is 0 Å². The van der Waals surface area contributed by atoms with Crippen LogP contribution in [0.1, 0.15) is 83.5 Å². The largest absolute Gasteiger partial charge is 0.385 e. The van der Waals surface area contributed by atoms with E-state index in [2.05, 4.69) is 12.6 Å². The molecule has 0 rings (SSSR count). The zero-order chi connectivity index (χ0) is 13.3. The van der Waals surface area contributed by atoms with Crippen LogP contribution in [0.3, 0.4) is 0 Å². The van der Waals surface area contributed by atoms with Gasteiger partial charge in [0.1, 0.15) is 0 Å². The molecule has 0 aliphatic rings. The summed E-state index contributed by atoms with van der Waals surface area (Å²) in [7, 11) is 1.79. The Labute approximate surface area is 120 Å². The highest BCUT2D eigenvalue weighted by Crippen LogP contribution is 2.12. The number of unbranched alkanes of at least 4 members (excludes halogenated alkanes) is 12. The molecule has 110 valence electrons. The summed E-state index contributed by atoms with van der Waals surface area (Å²) in [6.45, 7) is 0.938. The molecule has 0 saturated heterocycles. The minimum atomic E-state index is 0.938. The first-order valence-corrected chi connectivity index (χ1v) is 8.65. The summed E-state index contributed by atoms with van der Waals surface area (Å²) in [6.07, 6.45) is 18.2. The predicted octanol–water partition coefficient (Wildman–Crippen LogP) is 5.63. The van der Waals surface area contributed by atoms with Gasteiger partial charge in [-0.1, -0.05) is 70.6 Å². The van der Waals surface area contributed by atoms with Crippen molar-refractivity contribution in [3.8, 4) is 0 Å². The number of thiol groups is 1. The standard InChI is InChI=1S/C16H34OS/c1-17-15-13-11-9-7-5-3-2-4-6-8-10-12-14-16-18/h18H,2-16H2,1H3. The van der Waals surface area contributed by atoms with Crippen molar-refractivity contribution in [2.75, 3.05) is 19.5 Å². The van der Waals surface area contributed by atoms with E-state index in [-0.39, 0.29) is 0 Å². The van der Waals surface area contributed by atoms with Gasteiger partial charge < -0.3 is 4.74 Å². The van der Waals surface area contributed by atoms with E-state index in [1.807, 2.05) is 0 Å². The van der Waals surface area contributed by atoms with E-state index >= 15 is 0 Å². The molecule has 0 aromatic carbocycles. The molecule has 0 aliphatic heterocycles. The number of methoxy groups -OCH3 is 1. The minimum Gasteiger partial charge on any atom is -0.385 e. The van der Waals surface area contributed by atoms with E-state index in [0.717, 1.165) is 12.4 Å². The summed E-state index contributed by atoms with van der Waals surface area (Å²) in [5.41, 5.74) is 0. The molecule has 0 aromatic rings.